The number of pyridine rings is 1. The summed E-state index contributed by atoms with van der Waals surface area (Å²) in [7, 11) is 0. The zero-order valence-electron chi connectivity index (χ0n) is 20.6. The third kappa shape index (κ3) is 4.52. The lowest BCUT2D eigenvalue weighted by molar-refractivity contribution is -0.137. The van der Waals surface area contributed by atoms with Crippen LogP contribution in [0.4, 0.5) is 24.5 Å². The molecule has 0 radical (unpaired) electrons. The van der Waals surface area contributed by atoms with E-state index in [0.29, 0.717) is 41.4 Å². The van der Waals surface area contributed by atoms with Gasteiger partial charge in [-0.3, -0.25) is 14.0 Å². The number of benzene rings is 2. The Morgan fingerprint density at radius 3 is 2.64 bits per heavy atom. The summed E-state index contributed by atoms with van der Waals surface area (Å²) in [4.78, 5) is 36.5. The SMILES string of the molecule is Cc1cn(-c2cc(C(=O)Nc3ccc4c(c3)N(C(=O)c3cnc5ccccn35)CC4)cc(C(F)(F)F)c2)cn1. The van der Waals surface area contributed by atoms with Crippen LogP contribution in [0.1, 0.15) is 37.7 Å². The fourth-order valence-corrected chi connectivity index (χ4v) is 4.72. The zero-order valence-corrected chi connectivity index (χ0v) is 20.6. The smallest absolute Gasteiger partial charge is 0.322 e. The quantitative estimate of drug-likeness (QED) is 0.342. The first kappa shape index (κ1) is 24.4. The molecule has 0 bridgehead atoms. The Morgan fingerprint density at radius 2 is 1.87 bits per heavy atom. The fourth-order valence-electron chi connectivity index (χ4n) is 4.72. The summed E-state index contributed by atoms with van der Waals surface area (Å²) >= 11 is 0. The first-order chi connectivity index (χ1) is 18.7. The highest BCUT2D eigenvalue weighted by molar-refractivity contribution is 6.08. The fraction of sp³-hybridized carbons (Fsp3) is 0.143. The summed E-state index contributed by atoms with van der Waals surface area (Å²) in [6, 6.07) is 13.7. The number of nitrogens with zero attached hydrogens (tertiary/aromatic N) is 5. The van der Waals surface area contributed by atoms with E-state index in [9.17, 15) is 22.8 Å². The van der Waals surface area contributed by atoms with Gasteiger partial charge >= 0.3 is 6.18 Å². The second kappa shape index (κ2) is 9.12. The summed E-state index contributed by atoms with van der Waals surface area (Å²) in [5.74, 6) is -0.953. The number of carbonyl (C=O) groups is 2. The minimum Gasteiger partial charge on any atom is -0.322 e. The van der Waals surface area contributed by atoms with Crippen LogP contribution in [0.2, 0.25) is 0 Å². The average molecular weight is 531 g/mol. The number of rotatable bonds is 4. The van der Waals surface area contributed by atoms with Crippen LogP contribution in [0.25, 0.3) is 11.3 Å². The van der Waals surface area contributed by atoms with Crippen LogP contribution >= 0.6 is 0 Å². The number of nitrogens with one attached hydrogen (secondary N) is 1. The molecular weight excluding hydrogens is 509 g/mol. The number of hydrogen-bond donors (Lipinski definition) is 1. The van der Waals surface area contributed by atoms with Crippen LogP contribution in [0.5, 0.6) is 0 Å². The Bertz CT molecular complexity index is 1750. The summed E-state index contributed by atoms with van der Waals surface area (Å²) in [6.45, 7) is 2.17. The summed E-state index contributed by atoms with van der Waals surface area (Å²) in [5.41, 5.74) is 2.63. The first-order valence-electron chi connectivity index (χ1n) is 12.1. The molecule has 3 aromatic heterocycles. The highest BCUT2D eigenvalue weighted by Gasteiger charge is 2.32. The number of halogens is 3. The molecule has 1 N–H and O–H groups in total. The molecule has 4 heterocycles. The number of anilines is 2. The normalized spacial score (nSPS) is 13.1. The van der Waals surface area contributed by atoms with Gasteiger partial charge in [-0.2, -0.15) is 13.2 Å². The van der Waals surface area contributed by atoms with Gasteiger partial charge < -0.3 is 14.8 Å². The molecule has 0 unspecified atom stereocenters. The van der Waals surface area contributed by atoms with E-state index in [-0.39, 0.29) is 17.2 Å². The van der Waals surface area contributed by atoms with Crippen LogP contribution in [-0.2, 0) is 12.6 Å². The van der Waals surface area contributed by atoms with E-state index < -0.39 is 17.6 Å². The largest absolute Gasteiger partial charge is 0.416 e. The van der Waals surface area contributed by atoms with Gasteiger partial charge in [0.1, 0.15) is 11.3 Å². The molecule has 11 heteroatoms. The van der Waals surface area contributed by atoms with E-state index in [0.717, 1.165) is 17.7 Å². The van der Waals surface area contributed by atoms with Gasteiger partial charge in [-0.1, -0.05) is 12.1 Å². The van der Waals surface area contributed by atoms with Crippen LogP contribution in [0.3, 0.4) is 0 Å². The van der Waals surface area contributed by atoms with Gasteiger partial charge in [0.15, 0.2) is 0 Å². The summed E-state index contributed by atoms with van der Waals surface area (Å²) in [5, 5.41) is 2.69. The number of hydrogen-bond acceptors (Lipinski definition) is 4. The van der Waals surface area contributed by atoms with Crippen molar-refractivity contribution in [1.82, 2.24) is 18.9 Å². The van der Waals surface area contributed by atoms with Gasteiger partial charge in [-0.05, 0) is 61.4 Å². The van der Waals surface area contributed by atoms with Crippen molar-refractivity contribution in [2.24, 2.45) is 0 Å². The van der Waals surface area contributed by atoms with Crippen LogP contribution in [0, 0.1) is 6.92 Å². The molecule has 0 saturated heterocycles. The minimum atomic E-state index is -4.65. The van der Waals surface area contributed by atoms with Gasteiger partial charge in [0.2, 0.25) is 0 Å². The Kier molecular flexibility index (Phi) is 5.71. The van der Waals surface area contributed by atoms with Gasteiger partial charge in [0.05, 0.1) is 23.8 Å². The van der Waals surface area contributed by atoms with E-state index in [4.69, 9.17) is 0 Å². The van der Waals surface area contributed by atoms with Gasteiger partial charge in [0.25, 0.3) is 11.8 Å². The number of imidazole rings is 2. The highest BCUT2D eigenvalue weighted by atomic mass is 19.4. The monoisotopic (exact) mass is 530 g/mol. The molecule has 0 spiro atoms. The molecule has 0 atom stereocenters. The van der Waals surface area contributed by atoms with Crippen molar-refractivity contribution in [3.8, 4) is 5.69 Å². The first-order valence-corrected chi connectivity index (χ1v) is 12.1. The molecule has 2 amide bonds. The van der Waals surface area contributed by atoms with Gasteiger partial charge in [-0.25, -0.2) is 9.97 Å². The number of amides is 2. The lowest BCUT2D eigenvalue weighted by Gasteiger charge is -2.18. The predicted molar refractivity (Wildman–Crippen MR) is 138 cm³/mol. The van der Waals surface area contributed by atoms with E-state index >= 15 is 0 Å². The summed E-state index contributed by atoms with van der Waals surface area (Å²) < 4.78 is 44.1. The topological polar surface area (TPSA) is 84.5 Å². The summed E-state index contributed by atoms with van der Waals surface area (Å²) in [6.07, 6.45) is 2.24. The van der Waals surface area contributed by atoms with Gasteiger partial charge in [-0.15, -0.1) is 0 Å². The second-order valence-corrected chi connectivity index (χ2v) is 9.27. The third-order valence-electron chi connectivity index (χ3n) is 6.64. The van der Waals surface area contributed by atoms with Crippen molar-refractivity contribution in [3.63, 3.8) is 0 Å². The van der Waals surface area contributed by atoms with Crippen molar-refractivity contribution in [1.29, 1.82) is 0 Å². The van der Waals surface area contributed by atoms with Crippen molar-refractivity contribution in [3.05, 3.63) is 108 Å². The zero-order chi connectivity index (χ0) is 27.3. The maximum Gasteiger partial charge on any atom is 0.416 e. The molecular formula is C28H21F3N6O2. The Labute approximate surface area is 220 Å². The number of aromatic nitrogens is 4. The van der Waals surface area contributed by atoms with Gasteiger partial charge in [0, 0.05) is 41.6 Å². The van der Waals surface area contributed by atoms with Crippen LogP contribution < -0.4 is 10.2 Å². The lowest BCUT2D eigenvalue weighted by Crippen LogP contribution is -2.30. The Hall–Kier alpha value is -4.93. The maximum atomic E-state index is 13.6. The molecule has 1 aliphatic rings. The Morgan fingerprint density at radius 1 is 1.03 bits per heavy atom. The van der Waals surface area contributed by atoms with Crippen LogP contribution in [-0.4, -0.2) is 37.3 Å². The second-order valence-electron chi connectivity index (χ2n) is 9.27. The van der Waals surface area contributed by atoms with E-state index in [1.54, 1.807) is 52.9 Å². The molecule has 196 valence electrons. The molecule has 39 heavy (non-hydrogen) atoms. The molecule has 0 aliphatic carbocycles. The number of carbonyl (C=O) groups excluding carboxylic acids is 2. The number of alkyl halides is 3. The lowest BCUT2D eigenvalue weighted by atomic mass is 10.1. The predicted octanol–water partition coefficient (Wildman–Crippen LogP) is 5.30. The van der Waals surface area contributed by atoms with Crippen LogP contribution in [0.15, 0.2) is 79.5 Å². The standard InChI is InChI=1S/C28H21F3N6O2/c1-17-15-35(16-33-17)22-11-19(10-20(12-22)28(29,30)31)26(38)34-21-6-5-18-7-9-37(23(18)13-21)27(39)24-14-32-25-4-2-3-8-36(24)25/h2-6,8,10-16H,7,9H2,1H3,(H,34,38). The number of fused-ring (bicyclic) bond motifs is 2. The number of aryl methyl sites for hydroxylation is 1. The van der Waals surface area contributed by atoms with Crippen molar-refractivity contribution < 1.29 is 22.8 Å². The molecule has 6 rings (SSSR count). The van der Waals surface area contributed by atoms with Crippen molar-refractivity contribution in [2.75, 3.05) is 16.8 Å². The van der Waals surface area contributed by atoms with E-state index in [1.165, 1.54) is 23.2 Å². The van der Waals surface area contributed by atoms with E-state index in [1.807, 2.05) is 12.1 Å². The average Bonchev–Trinajstić information content (AvgIpc) is 3.65. The third-order valence-corrected chi connectivity index (χ3v) is 6.64. The minimum absolute atomic E-state index is 0.161. The van der Waals surface area contributed by atoms with Crippen molar-refractivity contribution >= 4 is 28.8 Å². The van der Waals surface area contributed by atoms with E-state index in [2.05, 4.69) is 15.3 Å². The molecule has 5 aromatic rings. The molecule has 0 fully saturated rings. The molecule has 0 saturated carbocycles. The highest BCUT2D eigenvalue weighted by Crippen LogP contribution is 2.34. The van der Waals surface area contributed by atoms with Crippen molar-refractivity contribution in [2.45, 2.75) is 19.5 Å². The molecule has 2 aromatic carbocycles. The molecule has 1 aliphatic heterocycles. The maximum absolute atomic E-state index is 13.6. The Balaban J connectivity index is 1.30. The molecule has 8 nitrogen and oxygen atoms in total.